The maximum absolute atomic E-state index is 12.4. The summed E-state index contributed by atoms with van der Waals surface area (Å²) in [7, 11) is 0. The van der Waals surface area contributed by atoms with Crippen molar-refractivity contribution in [3.05, 3.63) is 18.2 Å². The first-order valence-corrected chi connectivity index (χ1v) is 8.09. The highest BCUT2D eigenvalue weighted by Crippen LogP contribution is 2.32. The molecule has 1 saturated heterocycles. The van der Waals surface area contributed by atoms with Gasteiger partial charge in [-0.2, -0.15) is 0 Å². The van der Waals surface area contributed by atoms with Crippen molar-refractivity contribution < 1.29 is 19.1 Å². The van der Waals surface area contributed by atoms with E-state index in [1.54, 1.807) is 11.8 Å². The van der Waals surface area contributed by atoms with Crippen LogP contribution >= 0.6 is 0 Å². The van der Waals surface area contributed by atoms with Gasteiger partial charge in [0.1, 0.15) is 0 Å². The number of piperidine rings is 1. The van der Waals surface area contributed by atoms with Gasteiger partial charge in [-0.05, 0) is 25.0 Å². The van der Waals surface area contributed by atoms with E-state index in [9.17, 15) is 9.59 Å². The molecule has 6 nitrogen and oxygen atoms in total. The molecule has 0 saturated carbocycles. The lowest BCUT2D eigenvalue weighted by atomic mass is 9.96. The Bertz CT molecular complexity index is 594. The molecule has 3 rings (SSSR count). The number of carbonyl (C=O) groups is 2. The van der Waals surface area contributed by atoms with Crippen molar-refractivity contribution in [3.8, 4) is 11.5 Å². The minimum absolute atomic E-state index is 0.00249. The van der Waals surface area contributed by atoms with Gasteiger partial charge < -0.3 is 19.7 Å². The van der Waals surface area contributed by atoms with Crippen molar-refractivity contribution in [1.82, 2.24) is 4.90 Å². The van der Waals surface area contributed by atoms with Gasteiger partial charge >= 0.3 is 0 Å². The van der Waals surface area contributed by atoms with Crippen molar-refractivity contribution in [2.24, 2.45) is 5.92 Å². The minimum atomic E-state index is -0.0541. The monoisotopic (exact) mass is 318 g/mol. The van der Waals surface area contributed by atoms with Crippen molar-refractivity contribution in [2.45, 2.75) is 26.2 Å². The van der Waals surface area contributed by atoms with Crippen LogP contribution in [0.2, 0.25) is 0 Å². The topological polar surface area (TPSA) is 67.9 Å². The highest BCUT2D eigenvalue weighted by molar-refractivity contribution is 5.93. The zero-order valence-corrected chi connectivity index (χ0v) is 13.3. The van der Waals surface area contributed by atoms with E-state index in [4.69, 9.17) is 9.47 Å². The second-order valence-corrected chi connectivity index (χ2v) is 5.98. The van der Waals surface area contributed by atoms with E-state index in [1.165, 1.54) is 0 Å². The van der Waals surface area contributed by atoms with Gasteiger partial charge in [0.15, 0.2) is 11.5 Å². The first-order valence-electron chi connectivity index (χ1n) is 8.09. The fourth-order valence-corrected chi connectivity index (χ4v) is 2.94. The van der Waals surface area contributed by atoms with E-state index in [1.807, 2.05) is 18.2 Å². The van der Waals surface area contributed by atoms with Gasteiger partial charge in [0.25, 0.3) is 0 Å². The molecule has 1 fully saturated rings. The van der Waals surface area contributed by atoms with Crippen LogP contribution in [-0.2, 0) is 9.59 Å². The van der Waals surface area contributed by atoms with Gasteiger partial charge in [0, 0.05) is 44.1 Å². The van der Waals surface area contributed by atoms with Crippen LogP contribution in [0.25, 0.3) is 0 Å². The first kappa shape index (κ1) is 15.6. The van der Waals surface area contributed by atoms with Crippen LogP contribution in [0.4, 0.5) is 5.69 Å². The normalized spacial score (nSPS) is 18.2. The molecule has 0 unspecified atom stereocenters. The van der Waals surface area contributed by atoms with Crippen LogP contribution in [0.3, 0.4) is 0 Å². The quantitative estimate of drug-likeness (QED) is 0.906. The van der Waals surface area contributed by atoms with Gasteiger partial charge in [-0.1, -0.05) is 0 Å². The predicted molar refractivity (Wildman–Crippen MR) is 85.7 cm³/mol. The van der Waals surface area contributed by atoms with Crippen molar-refractivity contribution in [2.75, 3.05) is 31.6 Å². The smallest absolute Gasteiger partial charge is 0.227 e. The number of nitrogens with one attached hydrogen (secondary N) is 1. The number of likely N-dealkylation sites (tertiary alicyclic amines) is 1. The molecular weight excluding hydrogens is 296 g/mol. The van der Waals surface area contributed by atoms with Crippen LogP contribution in [0.5, 0.6) is 11.5 Å². The maximum Gasteiger partial charge on any atom is 0.227 e. The molecule has 2 aliphatic rings. The third kappa shape index (κ3) is 3.75. The molecule has 0 aliphatic carbocycles. The number of rotatable bonds is 2. The van der Waals surface area contributed by atoms with E-state index in [2.05, 4.69) is 5.32 Å². The Balaban J connectivity index is 1.60. The summed E-state index contributed by atoms with van der Waals surface area (Å²) < 4.78 is 11.2. The molecule has 124 valence electrons. The number of anilines is 1. The van der Waals surface area contributed by atoms with Crippen LogP contribution < -0.4 is 14.8 Å². The number of amides is 2. The number of benzene rings is 1. The number of ether oxygens (including phenoxy) is 2. The number of carbonyl (C=O) groups excluding carboxylic acids is 2. The molecule has 2 amide bonds. The zero-order chi connectivity index (χ0) is 16.2. The Morgan fingerprint density at radius 3 is 2.52 bits per heavy atom. The molecule has 0 aromatic heterocycles. The number of nitrogens with zero attached hydrogens (tertiary/aromatic N) is 1. The van der Waals surface area contributed by atoms with Gasteiger partial charge in [-0.25, -0.2) is 0 Å². The molecule has 2 aliphatic heterocycles. The Kier molecular flexibility index (Phi) is 4.69. The molecule has 1 aromatic carbocycles. The molecule has 1 N–H and O–H groups in total. The van der Waals surface area contributed by atoms with Gasteiger partial charge in [-0.3, -0.25) is 9.59 Å². The van der Waals surface area contributed by atoms with Crippen LogP contribution in [-0.4, -0.2) is 43.0 Å². The summed E-state index contributed by atoms with van der Waals surface area (Å²) in [6.07, 6.45) is 2.26. The Labute approximate surface area is 135 Å². The summed E-state index contributed by atoms with van der Waals surface area (Å²) in [4.78, 5) is 25.5. The molecule has 0 spiro atoms. The molecule has 6 heteroatoms. The highest BCUT2D eigenvalue weighted by Gasteiger charge is 2.26. The minimum Gasteiger partial charge on any atom is -0.490 e. The fourth-order valence-electron chi connectivity index (χ4n) is 2.94. The lowest BCUT2D eigenvalue weighted by molar-refractivity contribution is -0.132. The summed E-state index contributed by atoms with van der Waals surface area (Å²) in [5.74, 6) is 1.41. The lowest BCUT2D eigenvalue weighted by Crippen LogP contribution is -2.40. The van der Waals surface area contributed by atoms with E-state index >= 15 is 0 Å². The Morgan fingerprint density at radius 1 is 1.13 bits per heavy atom. The number of hydrogen-bond acceptors (Lipinski definition) is 4. The third-order valence-electron chi connectivity index (χ3n) is 4.33. The molecule has 2 heterocycles. The second kappa shape index (κ2) is 6.89. The van der Waals surface area contributed by atoms with Crippen LogP contribution in [0, 0.1) is 5.92 Å². The number of hydrogen-bond donors (Lipinski definition) is 1. The van der Waals surface area contributed by atoms with Gasteiger partial charge in [-0.15, -0.1) is 0 Å². The largest absolute Gasteiger partial charge is 0.490 e. The number of fused-ring (bicyclic) bond motifs is 1. The highest BCUT2D eigenvalue weighted by atomic mass is 16.5. The van der Waals surface area contributed by atoms with Gasteiger partial charge in [0.05, 0.1) is 13.2 Å². The second-order valence-electron chi connectivity index (χ2n) is 5.98. The van der Waals surface area contributed by atoms with E-state index < -0.39 is 0 Å². The zero-order valence-electron chi connectivity index (χ0n) is 13.3. The van der Waals surface area contributed by atoms with Gasteiger partial charge in [0.2, 0.25) is 11.8 Å². The lowest BCUT2D eigenvalue weighted by Gasteiger charge is -2.30. The van der Waals surface area contributed by atoms with E-state index in [0.29, 0.717) is 50.6 Å². The van der Waals surface area contributed by atoms with Crippen molar-refractivity contribution in [1.29, 1.82) is 0 Å². The van der Waals surface area contributed by atoms with Crippen LogP contribution in [0.15, 0.2) is 18.2 Å². The third-order valence-corrected chi connectivity index (χ3v) is 4.33. The molecule has 0 atom stereocenters. The average Bonchev–Trinajstić information content (AvgIpc) is 2.79. The average molecular weight is 318 g/mol. The summed E-state index contributed by atoms with van der Waals surface area (Å²) in [5.41, 5.74) is 0.716. The Morgan fingerprint density at radius 2 is 1.83 bits per heavy atom. The molecule has 0 radical (unpaired) electrons. The molecule has 1 aromatic rings. The van der Waals surface area contributed by atoms with E-state index in [0.717, 1.165) is 12.2 Å². The summed E-state index contributed by atoms with van der Waals surface area (Å²) in [5, 5.41) is 2.95. The van der Waals surface area contributed by atoms with Crippen molar-refractivity contribution in [3.63, 3.8) is 0 Å². The molecule has 23 heavy (non-hydrogen) atoms. The molecule has 0 bridgehead atoms. The summed E-state index contributed by atoms with van der Waals surface area (Å²) >= 11 is 0. The summed E-state index contributed by atoms with van der Waals surface area (Å²) in [6.45, 7) is 4.13. The maximum atomic E-state index is 12.4. The van der Waals surface area contributed by atoms with Crippen LogP contribution in [0.1, 0.15) is 26.2 Å². The van der Waals surface area contributed by atoms with Crippen molar-refractivity contribution >= 4 is 17.5 Å². The first-order chi connectivity index (χ1) is 11.1. The Hall–Kier alpha value is -2.24. The standard InChI is InChI=1S/C17H22N2O4/c1-12(20)19-7-5-13(6-8-19)17(21)18-14-3-4-15-16(11-14)23-10-2-9-22-15/h3-4,11,13H,2,5-10H2,1H3,(H,18,21). The SMILES string of the molecule is CC(=O)N1CCC(C(=O)Nc2ccc3c(c2)OCCCO3)CC1. The molecular formula is C17H22N2O4. The predicted octanol–water partition coefficient (Wildman–Crippen LogP) is 2.04. The summed E-state index contributed by atoms with van der Waals surface area (Å²) in [6, 6.07) is 5.47. The fraction of sp³-hybridized carbons (Fsp3) is 0.529. The van der Waals surface area contributed by atoms with E-state index in [-0.39, 0.29) is 17.7 Å².